The molecule has 0 aliphatic rings. The van der Waals surface area contributed by atoms with Crippen LogP contribution in [0.15, 0.2) is 24.4 Å². The Morgan fingerprint density at radius 1 is 1.33 bits per heavy atom. The van der Waals surface area contributed by atoms with Gasteiger partial charge in [-0.3, -0.25) is 4.68 Å². The van der Waals surface area contributed by atoms with Crippen LogP contribution in [0.25, 0.3) is 0 Å². The Morgan fingerprint density at radius 3 is 2.67 bits per heavy atom. The zero-order valence-electron chi connectivity index (χ0n) is 11.7. The lowest BCUT2D eigenvalue weighted by Crippen LogP contribution is -2.21. The zero-order chi connectivity index (χ0) is 15.6. The van der Waals surface area contributed by atoms with Crippen LogP contribution in [0.1, 0.15) is 17.4 Å². The Labute approximate surface area is 147 Å². The second-order valence-corrected chi connectivity index (χ2v) is 6.96. The van der Waals surface area contributed by atoms with Crippen molar-refractivity contribution in [1.82, 2.24) is 14.7 Å². The minimum Gasteiger partial charge on any atom is -0.382 e. The van der Waals surface area contributed by atoms with Crippen molar-refractivity contribution < 1.29 is 5.11 Å². The van der Waals surface area contributed by atoms with E-state index in [0.717, 1.165) is 10.1 Å². The van der Waals surface area contributed by atoms with E-state index in [1.54, 1.807) is 16.9 Å². The number of rotatable bonds is 5. The van der Waals surface area contributed by atoms with Crippen molar-refractivity contribution in [3.05, 3.63) is 49.3 Å². The quantitative estimate of drug-likeness (QED) is 0.725. The number of hydrogen-bond donors (Lipinski definition) is 1. The summed E-state index contributed by atoms with van der Waals surface area (Å²) in [4.78, 5) is 2.05. The molecule has 2 rings (SSSR count). The van der Waals surface area contributed by atoms with Crippen LogP contribution in [-0.2, 0) is 6.54 Å². The van der Waals surface area contributed by atoms with Gasteiger partial charge < -0.3 is 10.0 Å². The maximum absolute atomic E-state index is 10.6. The van der Waals surface area contributed by atoms with Crippen molar-refractivity contribution in [1.29, 1.82) is 0 Å². The molecule has 0 bridgehead atoms. The number of aliphatic hydroxyl groups excluding tert-OH is 1. The van der Waals surface area contributed by atoms with Gasteiger partial charge in [0.05, 0.1) is 28.5 Å². The highest BCUT2D eigenvalue weighted by Crippen LogP contribution is 2.30. The molecule has 0 fully saturated rings. The fraction of sp³-hybridized carbons (Fsp3) is 0.357. The second kappa shape index (κ2) is 7.28. The van der Waals surface area contributed by atoms with Crippen LogP contribution >= 0.6 is 45.8 Å². The molecular formula is C14H16Cl2IN3O. The lowest BCUT2D eigenvalue weighted by atomic mass is 10.1. The average Bonchev–Trinajstić information content (AvgIpc) is 2.80. The fourth-order valence-electron chi connectivity index (χ4n) is 1.96. The van der Waals surface area contributed by atoms with Gasteiger partial charge in [-0.1, -0.05) is 29.3 Å². The number of benzene rings is 1. The topological polar surface area (TPSA) is 41.3 Å². The van der Waals surface area contributed by atoms with Crippen LogP contribution < -0.4 is 0 Å². The predicted molar refractivity (Wildman–Crippen MR) is 94.0 cm³/mol. The molecule has 114 valence electrons. The number of likely N-dealkylation sites (N-methyl/N-ethyl adjacent to an activating group) is 1. The number of hydrogen-bond acceptors (Lipinski definition) is 3. The molecule has 0 radical (unpaired) electrons. The number of aromatic nitrogens is 2. The van der Waals surface area contributed by atoms with E-state index >= 15 is 0 Å². The van der Waals surface area contributed by atoms with Crippen molar-refractivity contribution in [2.75, 3.05) is 20.6 Å². The van der Waals surface area contributed by atoms with Crippen LogP contribution in [0.5, 0.6) is 0 Å². The summed E-state index contributed by atoms with van der Waals surface area (Å²) in [6.07, 6.45) is 0.709. The molecular weight excluding hydrogens is 424 g/mol. The van der Waals surface area contributed by atoms with E-state index < -0.39 is 6.10 Å². The van der Waals surface area contributed by atoms with Crippen LogP contribution in [0.2, 0.25) is 10.0 Å². The van der Waals surface area contributed by atoms with E-state index in [-0.39, 0.29) is 0 Å². The average molecular weight is 440 g/mol. The molecule has 1 aromatic heterocycles. The molecule has 0 saturated carbocycles. The molecule has 2 aromatic rings. The third-order valence-electron chi connectivity index (χ3n) is 3.11. The highest BCUT2D eigenvalue weighted by Gasteiger charge is 2.20. The standard InChI is InChI=1S/C14H16Cl2IN3O/c1-19(2)5-6-20-13(11(16)8-18-20)14(21)9-3-4-12(17)10(15)7-9/h3-4,7-8,14,21H,5-6H2,1-2H3. The highest BCUT2D eigenvalue weighted by molar-refractivity contribution is 14.1. The summed E-state index contributed by atoms with van der Waals surface area (Å²) in [6, 6.07) is 5.47. The zero-order valence-corrected chi connectivity index (χ0v) is 15.4. The third kappa shape index (κ3) is 4.10. The van der Waals surface area contributed by atoms with Gasteiger partial charge >= 0.3 is 0 Å². The lowest BCUT2D eigenvalue weighted by Gasteiger charge is -2.16. The van der Waals surface area contributed by atoms with E-state index in [0.29, 0.717) is 27.8 Å². The predicted octanol–water partition coefficient (Wildman–Crippen LogP) is 3.44. The monoisotopic (exact) mass is 439 g/mol. The van der Waals surface area contributed by atoms with Crippen LogP contribution in [0.3, 0.4) is 0 Å². The first kappa shape index (κ1) is 17.0. The summed E-state index contributed by atoms with van der Waals surface area (Å²) in [5.74, 6) is 0. The van der Waals surface area contributed by atoms with Gasteiger partial charge in [-0.25, -0.2) is 0 Å². The van der Waals surface area contributed by atoms with Crippen molar-refractivity contribution in [2.24, 2.45) is 0 Å². The molecule has 0 aliphatic carbocycles. The smallest absolute Gasteiger partial charge is 0.122 e. The van der Waals surface area contributed by atoms with Crippen LogP contribution in [0, 0.1) is 3.57 Å². The van der Waals surface area contributed by atoms with Gasteiger partial charge in [0, 0.05) is 10.1 Å². The molecule has 7 heteroatoms. The Bertz CT molecular complexity index is 631. The van der Waals surface area contributed by atoms with Gasteiger partial charge in [0.25, 0.3) is 0 Å². The lowest BCUT2D eigenvalue weighted by molar-refractivity contribution is 0.205. The largest absolute Gasteiger partial charge is 0.382 e. The van der Waals surface area contributed by atoms with E-state index in [1.807, 2.05) is 31.1 Å². The van der Waals surface area contributed by atoms with Crippen molar-refractivity contribution in [3.63, 3.8) is 0 Å². The van der Waals surface area contributed by atoms with Crippen LogP contribution in [-0.4, -0.2) is 40.4 Å². The van der Waals surface area contributed by atoms with Gasteiger partial charge in [0.2, 0.25) is 0 Å². The molecule has 1 heterocycles. The van der Waals surface area contributed by atoms with Gasteiger partial charge in [0.1, 0.15) is 6.10 Å². The Kier molecular flexibility index (Phi) is 5.90. The van der Waals surface area contributed by atoms with E-state index in [1.165, 1.54) is 0 Å². The summed E-state index contributed by atoms with van der Waals surface area (Å²) in [5, 5.41) is 15.9. The van der Waals surface area contributed by atoms with Crippen LogP contribution in [0.4, 0.5) is 0 Å². The summed E-state index contributed by atoms with van der Waals surface area (Å²) < 4.78 is 2.68. The highest BCUT2D eigenvalue weighted by atomic mass is 127. The Balaban J connectivity index is 2.31. The first-order valence-electron chi connectivity index (χ1n) is 6.39. The molecule has 0 amide bonds. The van der Waals surface area contributed by atoms with Crippen molar-refractivity contribution in [3.8, 4) is 0 Å². The minimum absolute atomic E-state index is 0.455. The molecule has 1 atom stereocenters. The first-order chi connectivity index (χ1) is 9.90. The van der Waals surface area contributed by atoms with Gasteiger partial charge in [-0.2, -0.15) is 5.10 Å². The van der Waals surface area contributed by atoms with E-state index in [9.17, 15) is 5.11 Å². The molecule has 0 saturated heterocycles. The van der Waals surface area contributed by atoms with Gasteiger partial charge in [-0.05, 0) is 54.4 Å². The summed E-state index contributed by atoms with van der Waals surface area (Å²) in [7, 11) is 3.97. The summed E-state index contributed by atoms with van der Waals surface area (Å²) >= 11 is 14.5. The summed E-state index contributed by atoms with van der Waals surface area (Å²) in [5.41, 5.74) is 1.30. The van der Waals surface area contributed by atoms with Crippen molar-refractivity contribution in [2.45, 2.75) is 12.6 Å². The fourth-order valence-corrected chi connectivity index (χ4v) is 2.73. The van der Waals surface area contributed by atoms with E-state index in [4.69, 9.17) is 23.2 Å². The SMILES string of the molecule is CN(C)CCn1ncc(Cl)c1C(O)c1ccc(I)c(Cl)c1. The molecule has 0 aliphatic heterocycles. The molecule has 0 spiro atoms. The summed E-state index contributed by atoms with van der Waals surface area (Å²) in [6.45, 7) is 1.47. The molecule has 1 N–H and O–H groups in total. The maximum atomic E-state index is 10.6. The normalized spacial score (nSPS) is 12.9. The Morgan fingerprint density at radius 2 is 2.05 bits per heavy atom. The Hall–Kier alpha value is -0.340. The number of nitrogens with zero attached hydrogens (tertiary/aromatic N) is 3. The minimum atomic E-state index is -0.850. The second-order valence-electron chi connectivity index (χ2n) is 4.98. The van der Waals surface area contributed by atoms with Gasteiger partial charge in [0.15, 0.2) is 0 Å². The number of halogens is 3. The van der Waals surface area contributed by atoms with Gasteiger partial charge in [-0.15, -0.1) is 0 Å². The maximum Gasteiger partial charge on any atom is 0.122 e. The van der Waals surface area contributed by atoms with Crippen molar-refractivity contribution >= 4 is 45.8 Å². The van der Waals surface area contributed by atoms with E-state index in [2.05, 4.69) is 27.7 Å². The third-order valence-corrected chi connectivity index (χ3v) is 4.97. The molecule has 1 unspecified atom stereocenters. The number of aliphatic hydroxyl groups is 1. The molecule has 1 aromatic carbocycles. The molecule has 4 nitrogen and oxygen atoms in total. The first-order valence-corrected chi connectivity index (χ1v) is 8.22. The molecule has 21 heavy (non-hydrogen) atoms.